The molecule has 95 heavy (non-hydrogen) atoms. The Morgan fingerprint density at radius 3 is 1.60 bits per heavy atom. The van der Waals surface area contributed by atoms with Crippen molar-refractivity contribution in [1.29, 1.82) is 10.8 Å². The van der Waals surface area contributed by atoms with E-state index in [2.05, 4.69) is 69.9 Å². The van der Waals surface area contributed by atoms with Crippen LogP contribution >= 0.6 is 0 Å². The van der Waals surface area contributed by atoms with Gasteiger partial charge >= 0.3 is 6.01 Å². The third kappa shape index (κ3) is 44.0. The summed E-state index contributed by atoms with van der Waals surface area (Å²) in [5.74, 6) is 3.06. The highest BCUT2D eigenvalue weighted by molar-refractivity contribution is 5.76. The molecule has 6 N–H and O–H groups in total. The zero-order chi connectivity index (χ0) is 69.7. The van der Waals surface area contributed by atoms with Crippen LogP contribution in [0, 0.1) is 65.1 Å². The van der Waals surface area contributed by atoms with Crippen LogP contribution < -0.4 is 20.5 Å². The summed E-state index contributed by atoms with van der Waals surface area (Å²) < 4.78 is 34.2. The number of aromatic nitrogens is 11. The number of nitrogens with one attached hydrogen (secondary N) is 3. The summed E-state index contributed by atoms with van der Waals surface area (Å²) in [5.41, 5.74) is 14.6. The van der Waals surface area contributed by atoms with E-state index in [-0.39, 0.29) is 20.7 Å². The molecule has 6 aromatic heterocycles. The zero-order valence-electron chi connectivity index (χ0n) is 58.9. The fraction of sp³-hybridized carbons (Fsp3) is 0.522. The standard InChI is InChI=1S/C10H14FN.C9H15N2O.C8H13N3O.C8H13N3.C8H16N2O.C7H14N2O.C7H10N2O.C5H7N3.C5H6N2.2CH4/c1-8-4-5-10(11)6-9(8)7-12(2)3;1-8-4-5-11(12)7-9(8)6-10(2)3;1-7-3-4-9-8(11-7)10-5-6-12-2;1-7-4-5-9-8(10-7)6-11(2)3;1-7(9)10-5-3-8(11-2)4-6-10;1-6(8)9-4-3-7(5-9)10-2;1-3-10-7-8-5-4-6(2)9-7;1-4-2-3-7-5(6)8-4;1-5-2-3-6-4-7-5;;/h4-6H,7H2,1-3H3;4-5,7,12H,6H2,1-3H3;3-4H,5-6H2,1-2H3,(H,9,10,11);4-5H,6H2,1-3H3;8-9H,3-6H2,1-2H3;7-8H,3-5H2,1-2H3;4-5H,3H2,1-2H3;2-3H,1H3,(H2,6,7,8);2-4H,1H3;2*1H4/q;+1;;;;;;;;;. The number of halogens is 1. The number of amidine groups is 2. The Bertz CT molecular complexity index is 3050. The maximum absolute atomic E-state index is 12.8. The average molecular weight is 1320 g/mol. The maximum atomic E-state index is 12.8. The number of anilines is 2. The van der Waals surface area contributed by atoms with E-state index in [0.717, 1.165) is 127 Å². The van der Waals surface area contributed by atoms with Gasteiger partial charge in [0.25, 0.3) is 0 Å². The zero-order valence-corrected chi connectivity index (χ0v) is 58.9. The van der Waals surface area contributed by atoms with E-state index in [1.54, 1.807) is 76.8 Å². The van der Waals surface area contributed by atoms with Crippen LogP contribution in [0.15, 0.2) is 104 Å². The van der Waals surface area contributed by atoms with Gasteiger partial charge in [0.05, 0.1) is 43.6 Å². The lowest BCUT2D eigenvalue weighted by Gasteiger charge is -2.31. The van der Waals surface area contributed by atoms with Gasteiger partial charge in [0, 0.05) is 143 Å². The van der Waals surface area contributed by atoms with E-state index < -0.39 is 0 Å². The van der Waals surface area contributed by atoms with E-state index in [0.29, 0.717) is 55.0 Å². The van der Waals surface area contributed by atoms with Crippen LogP contribution in [-0.4, -0.2) is 213 Å². The molecular formula is C69H116FN20O5+. The molecule has 8 heterocycles. The van der Waals surface area contributed by atoms with Crippen molar-refractivity contribution in [3.8, 4) is 6.01 Å². The lowest BCUT2D eigenvalue weighted by molar-refractivity contribution is -0.905. The molecule has 528 valence electrons. The van der Waals surface area contributed by atoms with Crippen molar-refractivity contribution < 1.29 is 33.3 Å². The molecule has 0 radical (unpaired) electrons. The van der Waals surface area contributed by atoms with Gasteiger partial charge in [-0.3, -0.25) is 16.0 Å². The van der Waals surface area contributed by atoms with Crippen LogP contribution in [0.1, 0.15) is 111 Å². The fourth-order valence-electron chi connectivity index (χ4n) is 8.02. The lowest BCUT2D eigenvalue weighted by atomic mass is 10.1. The molecule has 2 aliphatic heterocycles. The second-order valence-electron chi connectivity index (χ2n) is 22.4. The third-order valence-electron chi connectivity index (χ3n) is 13.0. The Balaban J connectivity index is 0. The minimum Gasteiger partial charge on any atom is -0.464 e. The van der Waals surface area contributed by atoms with Gasteiger partial charge in [-0.25, -0.2) is 54.2 Å². The van der Waals surface area contributed by atoms with E-state index in [9.17, 15) is 4.39 Å². The highest BCUT2D eigenvalue weighted by atomic mass is 19.1. The number of aryl methyl sites for hydroxylation is 7. The molecule has 2 aliphatic rings. The van der Waals surface area contributed by atoms with Gasteiger partial charge in [0.2, 0.25) is 24.3 Å². The molecule has 9 rings (SSSR count). The van der Waals surface area contributed by atoms with Gasteiger partial charge in [-0.15, -0.1) is 0 Å². The van der Waals surface area contributed by atoms with Gasteiger partial charge in [0.15, 0.2) is 0 Å². The van der Waals surface area contributed by atoms with Crippen LogP contribution in [0.3, 0.4) is 0 Å². The predicted molar refractivity (Wildman–Crippen MR) is 381 cm³/mol. The molecule has 1 aromatic carbocycles. The quantitative estimate of drug-likeness (QED) is 0.0222. The molecule has 25 nitrogen and oxygen atoms in total. The summed E-state index contributed by atoms with van der Waals surface area (Å²) in [5, 5.41) is 26.9. The van der Waals surface area contributed by atoms with Gasteiger partial charge in [-0.05, 0) is 190 Å². The smallest absolute Gasteiger partial charge is 0.316 e. The molecular weight excluding hydrogens is 1210 g/mol. The Morgan fingerprint density at radius 2 is 1.15 bits per heavy atom. The predicted octanol–water partition coefficient (Wildman–Crippen LogP) is 9.87. The summed E-state index contributed by atoms with van der Waals surface area (Å²) in [4.78, 5) is 49.9. The number of benzene rings is 1. The number of piperidine rings is 1. The van der Waals surface area contributed by atoms with Crippen LogP contribution in [-0.2, 0) is 33.8 Å². The number of rotatable bonds is 14. The van der Waals surface area contributed by atoms with E-state index in [1.807, 2.05) is 158 Å². The van der Waals surface area contributed by atoms with Crippen LogP contribution in [0.4, 0.5) is 16.3 Å². The maximum Gasteiger partial charge on any atom is 0.316 e. The van der Waals surface area contributed by atoms with E-state index in [4.69, 9.17) is 40.7 Å². The first-order chi connectivity index (χ1) is 44.2. The largest absolute Gasteiger partial charge is 0.464 e. The summed E-state index contributed by atoms with van der Waals surface area (Å²) in [7, 11) is 17.1. The second-order valence-corrected chi connectivity index (χ2v) is 22.4. The molecule has 0 aliphatic carbocycles. The number of nitrogens with two attached hydrogens (primary N) is 1. The molecule has 0 saturated carbocycles. The number of ether oxygens (including phenoxy) is 4. The van der Waals surface area contributed by atoms with Gasteiger partial charge in [-0.2, -0.15) is 0 Å². The molecule has 26 heteroatoms. The van der Waals surface area contributed by atoms with Crippen LogP contribution in [0.5, 0.6) is 6.01 Å². The Labute approximate surface area is 568 Å². The minimum absolute atomic E-state index is 0. The Kier molecular flexibility index (Phi) is 48.5. The van der Waals surface area contributed by atoms with Gasteiger partial charge in [-0.1, -0.05) is 20.9 Å². The number of nitrogen functional groups attached to an aromatic ring is 1. The number of nitrogens with zero attached hydrogens (tertiary/aromatic N) is 16. The van der Waals surface area contributed by atoms with Crippen molar-refractivity contribution in [2.45, 2.75) is 135 Å². The number of pyridine rings is 1. The first-order valence-corrected chi connectivity index (χ1v) is 30.7. The first kappa shape index (κ1) is 88.7. The Hall–Kier alpha value is -8.40. The topological polar surface area (TPSA) is 292 Å². The molecule has 0 spiro atoms. The van der Waals surface area contributed by atoms with Crippen molar-refractivity contribution >= 4 is 23.6 Å². The summed E-state index contributed by atoms with van der Waals surface area (Å²) >= 11 is 0. The van der Waals surface area contributed by atoms with Crippen LogP contribution in [0.25, 0.3) is 0 Å². The van der Waals surface area contributed by atoms with Gasteiger partial charge < -0.3 is 54.5 Å². The number of hydrogen-bond acceptors (Lipinski definition) is 22. The normalized spacial score (nSPS) is 12.6. The van der Waals surface area contributed by atoms with Crippen molar-refractivity contribution in [2.75, 3.05) is 121 Å². The molecule has 1 unspecified atom stereocenters. The molecule has 2 fully saturated rings. The van der Waals surface area contributed by atoms with Gasteiger partial charge in [0.1, 0.15) is 18.0 Å². The molecule has 0 amide bonds. The van der Waals surface area contributed by atoms with Crippen molar-refractivity contribution in [3.05, 3.63) is 167 Å². The minimum atomic E-state index is -0.155. The van der Waals surface area contributed by atoms with Crippen LogP contribution in [0.2, 0.25) is 0 Å². The third-order valence-corrected chi connectivity index (χ3v) is 13.0. The highest BCUT2D eigenvalue weighted by Crippen LogP contribution is 2.14. The highest BCUT2D eigenvalue weighted by Gasteiger charge is 2.22. The van der Waals surface area contributed by atoms with Crippen molar-refractivity contribution in [3.63, 3.8) is 0 Å². The van der Waals surface area contributed by atoms with Crippen molar-refractivity contribution in [2.24, 2.45) is 0 Å². The van der Waals surface area contributed by atoms with Crippen molar-refractivity contribution in [1.82, 2.24) is 74.3 Å². The fourth-order valence-corrected chi connectivity index (χ4v) is 8.02. The summed E-state index contributed by atoms with van der Waals surface area (Å²) in [6.45, 7) is 27.5. The molecule has 2 saturated heterocycles. The summed E-state index contributed by atoms with van der Waals surface area (Å²) in [6.07, 6.45) is 17.4. The Morgan fingerprint density at radius 1 is 0.632 bits per heavy atom. The summed E-state index contributed by atoms with van der Waals surface area (Å²) in [6, 6.07) is 16.5. The number of likely N-dealkylation sites (tertiary alicyclic amines) is 2. The SMILES string of the molecule is C.C.CCOc1nccc(C)n1.COC1CCN(C(C)=N)C1.COC1CCN(C(C)=N)CC1.COCCNc1nccc(C)n1.Cc1cc[n+](O)cc1CN(C)C.Cc1ccc(F)cc1CN(C)C.Cc1ccnc(CN(C)C)n1.Cc1ccnc(N)n1.Cc1ccncn1. The molecule has 7 aromatic rings. The second kappa shape index (κ2) is 51.9. The monoisotopic (exact) mass is 1320 g/mol. The molecule has 0 bridgehead atoms. The first-order valence-electron chi connectivity index (χ1n) is 30.7. The van der Waals surface area contributed by atoms with E-state index >= 15 is 0 Å². The average Bonchev–Trinajstić information content (AvgIpc) is 1.30. The van der Waals surface area contributed by atoms with E-state index in [1.165, 1.54) is 18.0 Å². The molecule has 1 atom stereocenters. The number of methoxy groups -OCH3 is 3. The number of hydrogen-bond donors (Lipinski definition) is 5. The lowest BCUT2D eigenvalue weighted by Crippen LogP contribution is -2.39.